The quantitative estimate of drug-likeness (QED) is 0.874. The minimum Gasteiger partial charge on any atom is -0.342 e. The van der Waals surface area contributed by atoms with Crippen LogP contribution in [0.2, 0.25) is 0 Å². The van der Waals surface area contributed by atoms with E-state index in [1.54, 1.807) is 0 Å². The highest BCUT2D eigenvalue weighted by molar-refractivity contribution is 5.79. The Labute approximate surface area is 140 Å². The van der Waals surface area contributed by atoms with E-state index < -0.39 is 0 Å². The summed E-state index contributed by atoms with van der Waals surface area (Å²) in [6, 6.07) is 0. The van der Waals surface area contributed by atoms with Crippen molar-refractivity contribution in [2.45, 2.75) is 53.5 Å². The van der Waals surface area contributed by atoms with E-state index in [0.29, 0.717) is 18.3 Å². The van der Waals surface area contributed by atoms with Crippen LogP contribution in [0.25, 0.3) is 0 Å². The fraction of sp³-hybridized carbons (Fsp3) is 0.778. The van der Waals surface area contributed by atoms with Crippen LogP contribution in [-0.2, 0) is 17.8 Å². The van der Waals surface area contributed by atoms with E-state index in [0.717, 1.165) is 49.6 Å². The average Bonchev–Trinajstić information content (AvgIpc) is 2.75. The summed E-state index contributed by atoms with van der Waals surface area (Å²) in [5.41, 5.74) is 3.26. The molecule has 0 unspecified atom stereocenters. The van der Waals surface area contributed by atoms with E-state index in [1.165, 1.54) is 6.42 Å². The average molecular weight is 320 g/mol. The second-order valence-electron chi connectivity index (χ2n) is 7.31. The zero-order chi connectivity index (χ0) is 17.0. The summed E-state index contributed by atoms with van der Waals surface area (Å²) in [5, 5.41) is 7.86. The lowest BCUT2D eigenvalue weighted by Gasteiger charge is -2.32. The first-order chi connectivity index (χ1) is 10.9. The Bertz CT molecular complexity index is 533. The van der Waals surface area contributed by atoms with Gasteiger partial charge in [-0.3, -0.25) is 9.48 Å². The summed E-state index contributed by atoms with van der Waals surface area (Å²) in [5.74, 6) is 1.39. The van der Waals surface area contributed by atoms with Crippen molar-refractivity contribution in [3.63, 3.8) is 0 Å². The topological polar surface area (TPSA) is 50.2 Å². The first-order valence-electron chi connectivity index (χ1n) is 8.87. The smallest absolute Gasteiger partial charge is 0.227 e. The molecular formula is C18H32N4O. The summed E-state index contributed by atoms with van der Waals surface area (Å²) >= 11 is 0. The van der Waals surface area contributed by atoms with Gasteiger partial charge in [0.25, 0.3) is 0 Å². The van der Waals surface area contributed by atoms with Gasteiger partial charge in [0.1, 0.15) is 0 Å². The predicted octanol–water partition coefficient (Wildman–Crippen LogP) is 2.16. The molecule has 5 heteroatoms. The number of hydrogen-bond donors (Lipinski definition) is 1. The standard InChI is InChI=1S/C18H32N4O/c1-13(2)11-22-15(4)17(14(3)20-22)9-18(23)21-8-6-7-16(12-21)10-19-5/h13,16,19H,6-12H2,1-5H3/t16-/m1/s1. The molecule has 1 aliphatic rings. The Kier molecular flexibility index (Phi) is 6.22. The van der Waals surface area contributed by atoms with Gasteiger partial charge in [-0.1, -0.05) is 13.8 Å². The SMILES string of the molecule is CNC[C@H]1CCCN(C(=O)Cc2c(C)nn(CC(C)C)c2C)C1. The van der Waals surface area contributed by atoms with Crippen molar-refractivity contribution in [1.82, 2.24) is 20.0 Å². The van der Waals surface area contributed by atoms with Crippen LogP contribution in [0.1, 0.15) is 43.6 Å². The molecule has 5 nitrogen and oxygen atoms in total. The number of aryl methyl sites for hydroxylation is 1. The number of hydrogen-bond acceptors (Lipinski definition) is 3. The van der Waals surface area contributed by atoms with Crippen molar-refractivity contribution in [1.29, 1.82) is 0 Å². The lowest BCUT2D eigenvalue weighted by Crippen LogP contribution is -2.43. The van der Waals surface area contributed by atoms with Gasteiger partial charge in [-0.25, -0.2) is 0 Å². The second kappa shape index (κ2) is 7.95. The molecule has 130 valence electrons. The molecule has 0 saturated carbocycles. The lowest BCUT2D eigenvalue weighted by molar-refractivity contribution is -0.132. The van der Waals surface area contributed by atoms with Crippen LogP contribution in [0.5, 0.6) is 0 Å². The normalized spacial score (nSPS) is 18.7. The van der Waals surface area contributed by atoms with Crippen LogP contribution in [0.15, 0.2) is 0 Å². The van der Waals surface area contributed by atoms with E-state index in [-0.39, 0.29) is 5.91 Å². The van der Waals surface area contributed by atoms with Crippen LogP contribution in [0, 0.1) is 25.7 Å². The van der Waals surface area contributed by atoms with Crippen LogP contribution in [-0.4, -0.2) is 47.3 Å². The van der Waals surface area contributed by atoms with Crippen molar-refractivity contribution in [2.24, 2.45) is 11.8 Å². The maximum absolute atomic E-state index is 12.7. The highest BCUT2D eigenvalue weighted by Crippen LogP contribution is 2.20. The van der Waals surface area contributed by atoms with Crippen molar-refractivity contribution in [3.05, 3.63) is 17.0 Å². The Morgan fingerprint density at radius 1 is 1.39 bits per heavy atom. The number of nitrogens with zero attached hydrogens (tertiary/aromatic N) is 3. The molecule has 1 N–H and O–H groups in total. The van der Waals surface area contributed by atoms with E-state index in [9.17, 15) is 4.79 Å². The van der Waals surface area contributed by atoms with Crippen molar-refractivity contribution >= 4 is 5.91 Å². The molecule has 0 bridgehead atoms. The molecule has 0 spiro atoms. The molecule has 1 aliphatic heterocycles. The molecule has 0 aromatic carbocycles. The Morgan fingerprint density at radius 2 is 2.13 bits per heavy atom. The van der Waals surface area contributed by atoms with Crippen LogP contribution in [0.3, 0.4) is 0 Å². The van der Waals surface area contributed by atoms with E-state index in [4.69, 9.17) is 0 Å². The fourth-order valence-corrected chi connectivity index (χ4v) is 3.52. The Hall–Kier alpha value is -1.36. The number of rotatable bonds is 6. The molecule has 1 fully saturated rings. The number of amides is 1. The van der Waals surface area contributed by atoms with Gasteiger partial charge in [0.05, 0.1) is 12.1 Å². The van der Waals surface area contributed by atoms with Gasteiger partial charge >= 0.3 is 0 Å². The van der Waals surface area contributed by atoms with Crippen LogP contribution < -0.4 is 5.32 Å². The van der Waals surface area contributed by atoms with Gasteiger partial charge in [-0.2, -0.15) is 5.10 Å². The molecule has 0 aliphatic carbocycles. The maximum atomic E-state index is 12.7. The van der Waals surface area contributed by atoms with Gasteiger partial charge in [0.2, 0.25) is 5.91 Å². The molecule has 1 aromatic rings. The van der Waals surface area contributed by atoms with Crippen LogP contribution in [0.4, 0.5) is 0 Å². The zero-order valence-electron chi connectivity index (χ0n) is 15.4. The summed E-state index contributed by atoms with van der Waals surface area (Å²) in [7, 11) is 1.98. The molecule has 23 heavy (non-hydrogen) atoms. The third-order valence-corrected chi connectivity index (χ3v) is 4.76. The van der Waals surface area contributed by atoms with E-state index in [1.807, 2.05) is 18.9 Å². The van der Waals surface area contributed by atoms with Crippen LogP contribution >= 0.6 is 0 Å². The predicted molar refractivity (Wildman–Crippen MR) is 93.5 cm³/mol. The monoisotopic (exact) mass is 320 g/mol. The molecule has 1 amide bonds. The molecular weight excluding hydrogens is 288 g/mol. The minimum absolute atomic E-state index is 0.251. The zero-order valence-corrected chi connectivity index (χ0v) is 15.4. The largest absolute Gasteiger partial charge is 0.342 e. The molecule has 0 radical (unpaired) electrons. The highest BCUT2D eigenvalue weighted by atomic mass is 16.2. The Balaban J connectivity index is 2.04. The number of carbonyl (C=O) groups excluding carboxylic acids is 1. The second-order valence-corrected chi connectivity index (χ2v) is 7.31. The summed E-state index contributed by atoms with van der Waals surface area (Å²) < 4.78 is 2.06. The van der Waals surface area contributed by atoms with Crippen molar-refractivity contribution in [2.75, 3.05) is 26.7 Å². The molecule has 2 rings (SSSR count). The molecule has 1 aromatic heterocycles. The first-order valence-corrected chi connectivity index (χ1v) is 8.87. The maximum Gasteiger partial charge on any atom is 0.227 e. The molecule has 2 heterocycles. The molecule has 1 saturated heterocycles. The van der Waals surface area contributed by atoms with Gasteiger partial charge in [0.15, 0.2) is 0 Å². The lowest BCUT2D eigenvalue weighted by atomic mass is 9.97. The third-order valence-electron chi connectivity index (χ3n) is 4.76. The number of likely N-dealkylation sites (tertiary alicyclic amines) is 1. The van der Waals surface area contributed by atoms with E-state index in [2.05, 4.69) is 35.9 Å². The summed E-state index contributed by atoms with van der Waals surface area (Å²) in [4.78, 5) is 14.8. The highest BCUT2D eigenvalue weighted by Gasteiger charge is 2.25. The first kappa shape index (κ1) is 18.0. The van der Waals surface area contributed by atoms with Gasteiger partial charge in [-0.15, -0.1) is 0 Å². The van der Waals surface area contributed by atoms with Gasteiger partial charge in [0, 0.05) is 30.9 Å². The summed E-state index contributed by atoms with van der Waals surface area (Å²) in [6.07, 6.45) is 2.82. The molecule has 1 atom stereocenters. The third kappa shape index (κ3) is 4.56. The number of nitrogens with one attached hydrogen (secondary N) is 1. The van der Waals surface area contributed by atoms with E-state index >= 15 is 0 Å². The fourth-order valence-electron chi connectivity index (χ4n) is 3.52. The van der Waals surface area contributed by atoms with Crippen molar-refractivity contribution in [3.8, 4) is 0 Å². The number of aromatic nitrogens is 2. The minimum atomic E-state index is 0.251. The summed E-state index contributed by atoms with van der Waals surface area (Å²) in [6.45, 7) is 12.2. The van der Waals surface area contributed by atoms with Gasteiger partial charge < -0.3 is 10.2 Å². The number of carbonyl (C=O) groups is 1. The van der Waals surface area contributed by atoms with Gasteiger partial charge in [-0.05, 0) is 52.1 Å². The Morgan fingerprint density at radius 3 is 2.78 bits per heavy atom. The number of piperidine rings is 1. The van der Waals surface area contributed by atoms with Crippen molar-refractivity contribution < 1.29 is 4.79 Å².